The second-order valence-electron chi connectivity index (χ2n) is 3.25. The molecule has 0 fully saturated rings. The Bertz CT molecular complexity index is 530. The van der Waals surface area contributed by atoms with Crippen LogP contribution in [0, 0.1) is 0 Å². The Morgan fingerprint density at radius 3 is 3.00 bits per heavy atom. The van der Waals surface area contributed by atoms with E-state index >= 15 is 0 Å². The lowest BCUT2D eigenvalue weighted by Gasteiger charge is -1.98. The van der Waals surface area contributed by atoms with Gasteiger partial charge in [0.05, 0.1) is 18.1 Å². The van der Waals surface area contributed by atoms with Crippen LogP contribution in [0.5, 0.6) is 0 Å². The van der Waals surface area contributed by atoms with Crippen molar-refractivity contribution in [3.05, 3.63) is 36.5 Å². The van der Waals surface area contributed by atoms with E-state index in [1.54, 1.807) is 6.07 Å². The number of hydrogen-bond donors (Lipinski definition) is 2. The third-order valence-corrected chi connectivity index (χ3v) is 1.93. The standard InChI is InChI=1S/C10H9N3O4/c14-9(15)6-13-5-7(4-11-13)12-10(16)8-2-1-3-17-8/h1-5H,6H2,(H,12,16)(H,14,15). The summed E-state index contributed by atoms with van der Waals surface area (Å²) in [6.07, 6.45) is 4.18. The summed E-state index contributed by atoms with van der Waals surface area (Å²) >= 11 is 0. The van der Waals surface area contributed by atoms with Crippen molar-refractivity contribution in [2.75, 3.05) is 5.32 Å². The molecular weight excluding hydrogens is 226 g/mol. The SMILES string of the molecule is O=C(O)Cn1cc(NC(=O)c2ccco2)cn1. The van der Waals surface area contributed by atoms with E-state index in [-0.39, 0.29) is 12.3 Å². The van der Waals surface area contributed by atoms with Gasteiger partial charge in [-0.05, 0) is 12.1 Å². The average Bonchev–Trinajstić information content (AvgIpc) is 2.87. The minimum atomic E-state index is -1.00. The molecule has 17 heavy (non-hydrogen) atoms. The fraction of sp³-hybridized carbons (Fsp3) is 0.100. The zero-order chi connectivity index (χ0) is 12.3. The van der Waals surface area contributed by atoms with Crippen molar-refractivity contribution in [1.29, 1.82) is 0 Å². The van der Waals surface area contributed by atoms with E-state index in [1.165, 1.54) is 29.4 Å². The molecule has 2 N–H and O–H groups in total. The molecule has 0 aliphatic carbocycles. The smallest absolute Gasteiger partial charge is 0.325 e. The highest BCUT2D eigenvalue weighted by molar-refractivity contribution is 6.02. The predicted molar refractivity (Wildman–Crippen MR) is 56.5 cm³/mol. The Morgan fingerprint density at radius 1 is 1.53 bits per heavy atom. The lowest BCUT2D eigenvalue weighted by molar-refractivity contribution is -0.137. The summed E-state index contributed by atoms with van der Waals surface area (Å²) in [6, 6.07) is 3.12. The molecule has 0 spiro atoms. The number of furan rings is 1. The zero-order valence-corrected chi connectivity index (χ0v) is 8.66. The normalized spacial score (nSPS) is 10.1. The molecule has 0 bridgehead atoms. The van der Waals surface area contributed by atoms with Gasteiger partial charge in [0.2, 0.25) is 0 Å². The summed E-state index contributed by atoms with van der Waals surface area (Å²) in [5, 5.41) is 14.9. The molecule has 0 radical (unpaired) electrons. The van der Waals surface area contributed by atoms with Crippen molar-refractivity contribution in [2.45, 2.75) is 6.54 Å². The Kier molecular flexibility index (Phi) is 2.91. The number of amides is 1. The van der Waals surface area contributed by atoms with E-state index in [1.807, 2.05) is 0 Å². The number of nitrogens with one attached hydrogen (secondary N) is 1. The Balaban J connectivity index is 2.02. The highest BCUT2D eigenvalue weighted by Gasteiger charge is 2.10. The Labute approximate surface area is 95.7 Å². The maximum atomic E-state index is 11.5. The molecular formula is C10H9N3O4. The van der Waals surface area contributed by atoms with Gasteiger partial charge in [0, 0.05) is 6.20 Å². The van der Waals surface area contributed by atoms with E-state index in [9.17, 15) is 9.59 Å². The van der Waals surface area contributed by atoms with E-state index in [2.05, 4.69) is 10.4 Å². The molecule has 88 valence electrons. The van der Waals surface area contributed by atoms with Crippen LogP contribution in [0.3, 0.4) is 0 Å². The summed E-state index contributed by atoms with van der Waals surface area (Å²) in [5.74, 6) is -1.24. The predicted octanol–water partition coefficient (Wildman–Crippen LogP) is 0.813. The van der Waals surface area contributed by atoms with Gasteiger partial charge in [-0.1, -0.05) is 0 Å². The lowest BCUT2D eigenvalue weighted by atomic mass is 10.4. The summed E-state index contributed by atoms with van der Waals surface area (Å²) in [7, 11) is 0. The van der Waals surface area contributed by atoms with Gasteiger partial charge in [-0.15, -0.1) is 0 Å². The molecule has 0 saturated heterocycles. The van der Waals surface area contributed by atoms with Crippen LogP contribution in [0.1, 0.15) is 10.6 Å². The van der Waals surface area contributed by atoms with Crippen molar-refractivity contribution in [3.63, 3.8) is 0 Å². The number of carboxylic acids is 1. The van der Waals surface area contributed by atoms with Crippen molar-refractivity contribution in [2.24, 2.45) is 0 Å². The van der Waals surface area contributed by atoms with Crippen LogP contribution >= 0.6 is 0 Å². The molecule has 2 rings (SSSR count). The van der Waals surface area contributed by atoms with E-state index in [0.717, 1.165) is 0 Å². The van der Waals surface area contributed by atoms with Crippen molar-refractivity contribution in [3.8, 4) is 0 Å². The summed E-state index contributed by atoms with van der Waals surface area (Å²) in [6.45, 7) is -0.253. The van der Waals surface area contributed by atoms with E-state index in [4.69, 9.17) is 9.52 Å². The molecule has 7 nitrogen and oxygen atoms in total. The number of carbonyl (C=O) groups is 2. The zero-order valence-electron chi connectivity index (χ0n) is 8.66. The number of carbonyl (C=O) groups excluding carboxylic acids is 1. The van der Waals surface area contributed by atoms with Gasteiger partial charge in [-0.3, -0.25) is 14.3 Å². The van der Waals surface area contributed by atoms with Crippen LogP contribution in [0.15, 0.2) is 35.2 Å². The lowest BCUT2D eigenvalue weighted by Crippen LogP contribution is -2.11. The minimum absolute atomic E-state index is 0.177. The number of hydrogen-bond acceptors (Lipinski definition) is 4. The Morgan fingerprint density at radius 2 is 2.35 bits per heavy atom. The number of rotatable bonds is 4. The second-order valence-corrected chi connectivity index (χ2v) is 3.25. The molecule has 0 aliphatic heterocycles. The van der Waals surface area contributed by atoms with Crippen LogP contribution in [0.4, 0.5) is 5.69 Å². The van der Waals surface area contributed by atoms with Crippen LogP contribution in [0.2, 0.25) is 0 Å². The number of aromatic nitrogens is 2. The molecule has 7 heteroatoms. The fourth-order valence-electron chi connectivity index (χ4n) is 1.25. The number of aliphatic carboxylic acids is 1. The van der Waals surface area contributed by atoms with Gasteiger partial charge in [0.25, 0.3) is 5.91 Å². The largest absolute Gasteiger partial charge is 0.480 e. The number of nitrogens with zero attached hydrogens (tertiary/aromatic N) is 2. The molecule has 0 saturated carbocycles. The average molecular weight is 235 g/mol. The van der Waals surface area contributed by atoms with E-state index in [0.29, 0.717) is 5.69 Å². The van der Waals surface area contributed by atoms with Crippen molar-refractivity contribution < 1.29 is 19.1 Å². The third kappa shape index (κ3) is 2.71. The quantitative estimate of drug-likeness (QED) is 0.817. The van der Waals surface area contributed by atoms with Crippen LogP contribution < -0.4 is 5.32 Å². The fourth-order valence-corrected chi connectivity index (χ4v) is 1.25. The molecule has 1 amide bonds. The molecule has 2 aromatic rings. The molecule has 0 aliphatic rings. The van der Waals surface area contributed by atoms with Gasteiger partial charge in [0.1, 0.15) is 6.54 Å². The van der Waals surface area contributed by atoms with Crippen LogP contribution in [0.25, 0.3) is 0 Å². The number of anilines is 1. The van der Waals surface area contributed by atoms with E-state index < -0.39 is 11.9 Å². The molecule has 2 heterocycles. The first kappa shape index (κ1) is 10.9. The minimum Gasteiger partial charge on any atom is -0.480 e. The first-order valence-corrected chi connectivity index (χ1v) is 4.74. The van der Waals surface area contributed by atoms with Gasteiger partial charge in [-0.25, -0.2) is 0 Å². The first-order valence-electron chi connectivity index (χ1n) is 4.74. The molecule has 2 aromatic heterocycles. The van der Waals surface area contributed by atoms with Crippen molar-refractivity contribution >= 4 is 17.6 Å². The van der Waals surface area contributed by atoms with Gasteiger partial charge >= 0.3 is 5.97 Å². The molecule has 0 unspecified atom stereocenters. The molecule has 0 aromatic carbocycles. The third-order valence-electron chi connectivity index (χ3n) is 1.93. The van der Waals surface area contributed by atoms with Crippen LogP contribution in [-0.4, -0.2) is 26.8 Å². The topological polar surface area (TPSA) is 97.4 Å². The van der Waals surface area contributed by atoms with Gasteiger partial charge in [0.15, 0.2) is 5.76 Å². The van der Waals surface area contributed by atoms with Crippen LogP contribution in [-0.2, 0) is 11.3 Å². The monoisotopic (exact) mass is 235 g/mol. The van der Waals surface area contributed by atoms with Crippen molar-refractivity contribution in [1.82, 2.24) is 9.78 Å². The maximum Gasteiger partial charge on any atom is 0.325 e. The summed E-state index contributed by atoms with van der Waals surface area (Å²) < 4.78 is 6.11. The van der Waals surface area contributed by atoms with Gasteiger partial charge < -0.3 is 14.8 Å². The Hall–Kier alpha value is -2.57. The first-order chi connectivity index (χ1) is 8.15. The highest BCUT2D eigenvalue weighted by Crippen LogP contribution is 2.08. The summed E-state index contributed by atoms with van der Waals surface area (Å²) in [5.41, 5.74) is 0.410. The molecule has 0 atom stereocenters. The number of carboxylic acid groups (broad SMARTS) is 1. The maximum absolute atomic E-state index is 11.5. The summed E-state index contributed by atoms with van der Waals surface area (Å²) in [4.78, 5) is 22.0. The van der Waals surface area contributed by atoms with Gasteiger partial charge in [-0.2, -0.15) is 5.10 Å². The second kappa shape index (κ2) is 4.52. The highest BCUT2D eigenvalue weighted by atomic mass is 16.4.